The highest BCUT2D eigenvalue weighted by atomic mass is 32.2. The molecule has 0 atom stereocenters. The zero-order valence-electron chi connectivity index (χ0n) is 16.6. The van der Waals surface area contributed by atoms with Gasteiger partial charge in [-0.2, -0.15) is 9.41 Å². The summed E-state index contributed by atoms with van der Waals surface area (Å²) in [5.41, 5.74) is 2.97. The second kappa shape index (κ2) is 9.96. The zero-order chi connectivity index (χ0) is 22.3. The van der Waals surface area contributed by atoms with Crippen molar-refractivity contribution in [1.29, 1.82) is 0 Å². The van der Waals surface area contributed by atoms with Gasteiger partial charge in [0.25, 0.3) is 5.91 Å². The molecule has 1 amide bonds. The van der Waals surface area contributed by atoms with Crippen molar-refractivity contribution in [2.24, 2.45) is 5.10 Å². The highest BCUT2D eigenvalue weighted by molar-refractivity contribution is 7.89. The van der Waals surface area contributed by atoms with E-state index in [2.05, 4.69) is 10.5 Å². The topological polar surface area (TPSA) is 88.1 Å². The fourth-order valence-corrected chi connectivity index (χ4v) is 3.70. The first kappa shape index (κ1) is 22.1. The van der Waals surface area contributed by atoms with E-state index in [0.717, 1.165) is 28.6 Å². The molecule has 7 nitrogen and oxygen atoms in total. The van der Waals surface area contributed by atoms with Crippen molar-refractivity contribution in [3.05, 3.63) is 90.2 Å². The van der Waals surface area contributed by atoms with Crippen LogP contribution in [0.25, 0.3) is 0 Å². The average Bonchev–Trinajstić information content (AvgIpc) is 2.75. The van der Waals surface area contributed by atoms with Gasteiger partial charge in [0.15, 0.2) is 0 Å². The molecule has 0 spiro atoms. The molecule has 0 aliphatic carbocycles. The lowest BCUT2D eigenvalue weighted by atomic mass is 10.2. The van der Waals surface area contributed by atoms with Crippen molar-refractivity contribution in [2.75, 3.05) is 13.6 Å². The standard InChI is InChI=1S/C22H20FN3O4S/c1-26(31(28,29)21-12-10-18(23)11-13-21)16-22(27)25-24-15-17-6-5-9-20(14-17)30-19-7-3-2-4-8-19/h2-15H,16H2,1H3,(H,25,27)/b24-15-. The van der Waals surface area contributed by atoms with Crippen LogP contribution in [0.3, 0.4) is 0 Å². The van der Waals surface area contributed by atoms with Crippen LogP contribution in [0.4, 0.5) is 4.39 Å². The van der Waals surface area contributed by atoms with Crippen molar-refractivity contribution in [3.8, 4) is 11.5 Å². The number of benzene rings is 3. The Bertz CT molecular complexity index is 1170. The summed E-state index contributed by atoms with van der Waals surface area (Å²) in [5.74, 6) is 0.120. The van der Waals surface area contributed by atoms with Gasteiger partial charge in [0.2, 0.25) is 10.0 Å². The molecule has 0 aliphatic rings. The van der Waals surface area contributed by atoms with Gasteiger partial charge < -0.3 is 4.74 Å². The number of amides is 1. The summed E-state index contributed by atoms with van der Waals surface area (Å²) in [6.45, 7) is -0.450. The van der Waals surface area contributed by atoms with E-state index in [4.69, 9.17) is 4.74 Å². The number of nitrogens with one attached hydrogen (secondary N) is 1. The highest BCUT2D eigenvalue weighted by Crippen LogP contribution is 2.21. The second-order valence-electron chi connectivity index (χ2n) is 6.50. The predicted octanol–water partition coefficient (Wildman–Crippen LogP) is 3.39. The van der Waals surface area contributed by atoms with Gasteiger partial charge in [-0.15, -0.1) is 0 Å². The molecular formula is C22H20FN3O4S. The number of likely N-dealkylation sites (N-methyl/N-ethyl adjacent to an activating group) is 1. The average molecular weight is 441 g/mol. The Labute approximate surface area is 179 Å². The summed E-state index contributed by atoms with van der Waals surface area (Å²) in [6.07, 6.45) is 1.42. The van der Waals surface area contributed by atoms with E-state index in [1.54, 1.807) is 24.3 Å². The zero-order valence-corrected chi connectivity index (χ0v) is 17.4. The normalized spacial score (nSPS) is 11.6. The molecule has 0 unspecified atom stereocenters. The van der Waals surface area contributed by atoms with Crippen molar-refractivity contribution in [3.63, 3.8) is 0 Å². The summed E-state index contributed by atoms with van der Waals surface area (Å²) < 4.78 is 44.5. The number of halogens is 1. The number of para-hydroxylation sites is 1. The molecule has 3 aromatic rings. The van der Waals surface area contributed by atoms with Crippen LogP contribution in [-0.2, 0) is 14.8 Å². The van der Waals surface area contributed by atoms with Crippen LogP contribution in [0.5, 0.6) is 11.5 Å². The molecule has 0 aliphatic heterocycles. The Morgan fingerprint density at radius 2 is 1.71 bits per heavy atom. The van der Waals surface area contributed by atoms with Gasteiger partial charge in [0, 0.05) is 7.05 Å². The number of carbonyl (C=O) groups is 1. The molecular weight excluding hydrogens is 421 g/mol. The molecule has 160 valence electrons. The number of hydrogen-bond acceptors (Lipinski definition) is 5. The van der Waals surface area contributed by atoms with Gasteiger partial charge in [-0.05, 0) is 54.1 Å². The number of hydrazone groups is 1. The molecule has 9 heteroatoms. The predicted molar refractivity (Wildman–Crippen MR) is 115 cm³/mol. The number of nitrogens with zero attached hydrogens (tertiary/aromatic N) is 2. The summed E-state index contributed by atoms with van der Waals surface area (Å²) in [6, 6.07) is 20.7. The lowest BCUT2D eigenvalue weighted by Gasteiger charge is -2.16. The van der Waals surface area contributed by atoms with Gasteiger partial charge in [-0.1, -0.05) is 30.3 Å². The molecule has 0 fully saturated rings. The Morgan fingerprint density at radius 3 is 2.42 bits per heavy atom. The SMILES string of the molecule is CN(CC(=O)N/N=C\c1cccc(Oc2ccccc2)c1)S(=O)(=O)c1ccc(F)cc1. The van der Waals surface area contributed by atoms with Crippen molar-refractivity contribution < 1.29 is 22.3 Å². The van der Waals surface area contributed by atoms with E-state index in [1.165, 1.54) is 13.3 Å². The second-order valence-corrected chi connectivity index (χ2v) is 8.54. The number of ether oxygens (including phenoxy) is 1. The molecule has 1 N–H and O–H groups in total. The number of sulfonamides is 1. The van der Waals surface area contributed by atoms with Crippen molar-refractivity contribution in [1.82, 2.24) is 9.73 Å². The molecule has 0 radical (unpaired) electrons. The highest BCUT2D eigenvalue weighted by Gasteiger charge is 2.22. The van der Waals surface area contributed by atoms with Crippen LogP contribution in [-0.4, -0.2) is 38.4 Å². The van der Waals surface area contributed by atoms with Crippen molar-refractivity contribution in [2.45, 2.75) is 4.90 Å². The van der Waals surface area contributed by atoms with Crippen LogP contribution in [0.1, 0.15) is 5.56 Å². The maximum atomic E-state index is 13.0. The molecule has 0 saturated heterocycles. The maximum Gasteiger partial charge on any atom is 0.255 e. The van der Waals surface area contributed by atoms with E-state index < -0.39 is 28.3 Å². The van der Waals surface area contributed by atoms with E-state index in [9.17, 15) is 17.6 Å². The number of rotatable bonds is 8. The van der Waals surface area contributed by atoms with Gasteiger partial charge in [-0.3, -0.25) is 4.79 Å². The fourth-order valence-electron chi connectivity index (χ4n) is 2.57. The minimum atomic E-state index is -3.93. The first-order chi connectivity index (χ1) is 14.8. The molecule has 0 aromatic heterocycles. The van der Waals surface area contributed by atoms with Gasteiger partial charge in [-0.25, -0.2) is 18.2 Å². The van der Waals surface area contributed by atoms with Crippen LogP contribution >= 0.6 is 0 Å². The molecule has 31 heavy (non-hydrogen) atoms. The van der Waals surface area contributed by atoms with Crippen LogP contribution in [0.15, 0.2) is 88.9 Å². The first-order valence-corrected chi connectivity index (χ1v) is 10.7. The smallest absolute Gasteiger partial charge is 0.255 e. The Balaban J connectivity index is 1.56. The molecule has 0 bridgehead atoms. The van der Waals surface area contributed by atoms with Gasteiger partial charge >= 0.3 is 0 Å². The van der Waals surface area contributed by atoms with E-state index in [1.807, 2.05) is 30.3 Å². The fraction of sp³-hybridized carbons (Fsp3) is 0.0909. The van der Waals surface area contributed by atoms with Gasteiger partial charge in [0.05, 0.1) is 17.7 Å². The lowest BCUT2D eigenvalue weighted by molar-refractivity contribution is -0.121. The van der Waals surface area contributed by atoms with Crippen molar-refractivity contribution >= 4 is 22.1 Å². The van der Waals surface area contributed by atoms with Gasteiger partial charge in [0.1, 0.15) is 17.3 Å². The Morgan fingerprint density at radius 1 is 1.03 bits per heavy atom. The van der Waals surface area contributed by atoms with E-state index in [-0.39, 0.29) is 4.90 Å². The minimum Gasteiger partial charge on any atom is -0.457 e. The number of hydrogen-bond donors (Lipinski definition) is 1. The largest absolute Gasteiger partial charge is 0.457 e. The number of carbonyl (C=O) groups excluding carboxylic acids is 1. The first-order valence-electron chi connectivity index (χ1n) is 9.21. The molecule has 3 rings (SSSR count). The van der Waals surface area contributed by atoms with Crippen LogP contribution < -0.4 is 10.2 Å². The summed E-state index contributed by atoms with van der Waals surface area (Å²) in [5, 5.41) is 3.86. The summed E-state index contributed by atoms with van der Waals surface area (Å²) in [7, 11) is -2.67. The maximum absolute atomic E-state index is 13.0. The third-order valence-electron chi connectivity index (χ3n) is 4.13. The van der Waals surface area contributed by atoms with Crippen LogP contribution in [0, 0.1) is 5.82 Å². The molecule has 0 heterocycles. The monoisotopic (exact) mass is 441 g/mol. The van der Waals surface area contributed by atoms with E-state index in [0.29, 0.717) is 17.1 Å². The molecule has 3 aromatic carbocycles. The Hall–Kier alpha value is -3.56. The lowest BCUT2D eigenvalue weighted by Crippen LogP contribution is -2.36. The van der Waals surface area contributed by atoms with E-state index >= 15 is 0 Å². The quantitative estimate of drug-likeness (QED) is 0.429. The third kappa shape index (κ3) is 6.21. The molecule has 0 saturated carbocycles. The van der Waals surface area contributed by atoms with Crippen LogP contribution in [0.2, 0.25) is 0 Å². The minimum absolute atomic E-state index is 0.108. The summed E-state index contributed by atoms with van der Waals surface area (Å²) >= 11 is 0. The third-order valence-corrected chi connectivity index (χ3v) is 5.95. The summed E-state index contributed by atoms with van der Waals surface area (Å²) in [4.78, 5) is 12.0. The Kier molecular flexibility index (Phi) is 7.11.